The molecule has 1 atom stereocenters. The van der Waals surface area contributed by atoms with E-state index in [0.717, 1.165) is 0 Å². The Morgan fingerprint density at radius 1 is 1.28 bits per heavy atom. The number of rotatable bonds is 2. The lowest BCUT2D eigenvalue weighted by molar-refractivity contribution is -0.136. The Morgan fingerprint density at radius 3 is 2.33 bits per heavy atom. The van der Waals surface area contributed by atoms with Crippen molar-refractivity contribution >= 4 is 21.8 Å². The lowest BCUT2D eigenvalue weighted by atomic mass is 10.1. The third-order valence-electron chi connectivity index (χ3n) is 3.35. The predicted octanol–water partition coefficient (Wildman–Crippen LogP) is -1.77. The van der Waals surface area contributed by atoms with Crippen LogP contribution >= 0.6 is 0 Å². The Labute approximate surface area is 106 Å². The molecule has 18 heavy (non-hydrogen) atoms. The highest BCUT2D eigenvalue weighted by Gasteiger charge is 2.33. The predicted molar refractivity (Wildman–Crippen MR) is 64.1 cm³/mol. The molecule has 8 heteroatoms. The number of carbonyl (C=O) groups is 2. The summed E-state index contributed by atoms with van der Waals surface area (Å²) in [5, 5.41) is 2.63. The average molecular weight is 275 g/mol. The molecule has 2 fully saturated rings. The molecule has 0 radical (unpaired) electrons. The van der Waals surface area contributed by atoms with E-state index in [0.29, 0.717) is 32.7 Å². The first-order chi connectivity index (χ1) is 8.38. The van der Waals surface area contributed by atoms with Gasteiger partial charge >= 0.3 is 0 Å². The molecule has 0 spiro atoms. The zero-order valence-electron chi connectivity index (χ0n) is 10.3. The Kier molecular flexibility index (Phi) is 3.58. The van der Waals surface area contributed by atoms with E-state index in [2.05, 4.69) is 5.32 Å². The van der Waals surface area contributed by atoms with Crippen LogP contribution in [0.5, 0.6) is 0 Å². The number of amides is 2. The van der Waals surface area contributed by atoms with Gasteiger partial charge in [0.2, 0.25) is 21.8 Å². The number of piperazine rings is 1. The van der Waals surface area contributed by atoms with E-state index in [-0.39, 0.29) is 24.2 Å². The van der Waals surface area contributed by atoms with E-state index < -0.39 is 10.0 Å². The fraction of sp³-hybridized carbons (Fsp3) is 0.800. The quantitative estimate of drug-likeness (QED) is 0.646. The van der Waals surface area contributed by atoms with E-state index >= 15 is 0 Å². The summed E-state index contributed by atoms with van der Waals surface area (Å²) in [4.78, 5) is 24.8. The molecule has 0 aromatic heterocycles. The zero-order valence-corrected chi connectivity index (χ0v) is 11.1. The van der Waals surface area contributed by atoms with E-state index in [9.17, 15) is 18.0 Å². The Morgan fingerprint density at radius 2 is 1.89 bits per heavy atom. The van der Waals surface area contributed by atoms with Crippen molar-refractivity contribution in [2.75, 3.05) is 39.0 Å². The van der Waals surface area contributed by atoms with Crippen LogP contribution in [0.15, 0.2) is 0 Å². The van der Waals surface area contributed by atoms with Gasteiger partial charge in [-0.1, -0.05) is 0 Å². The maximum atomic E-state index is 12.1. The Balaban J connectivity index is 1.90. The van der Waals surface area contributed by atoms with Crippen molar-refractivity contribution in [3.8, 4) is 0 Å². The van der Waals surface area contributed by atoms with Crippen LogP contribution in [-0.4, -0.2) is 68.4 Å². The number of carbonyl (C=O) groups excluding carboxylic acids is 2. The van der Waals surface area contributed by atoms with Crippen molar-refractivity contribution in [2.24, 2.45) is 5.92 Å². The molecular formula is C10H17N3O4S. The van der Waals surface area contributed by atoms with Crippen molar-refractivity contribution in [2.45, 2.75) is 6.42 Å². The third-order valence-corrected chi connectivity index (χ3v) is 4.65. The second-order valence-corrected chi connectivity index (χ2v) is 6.67. The van der Waals surface area contributed by atoms with Crippen LogP contribution in [0.25, 0.3) is 0 Å². The summed E-state index contributed by atoms with van der Waals surface area (Å²) in [7, 11) is -3.17. The number of nitrogens with one attached hydrogen (secondary N) is 1. The maximum Gasteiger partial charge on any atom is 0.228 e. The molecule has 2 amide bonds. The van der Waals surface area contributed by atoms with Crippen LogP contribution in [0.2, 0.25) is 0 Å². The molecule has 2 rings (SSSR count). The topological polar surface area (TPSA) is 86.8 Å². The highest BCUT2D eigenvalue weighted by atomic mass is 32.2. The smallest absolute Gasteiger partial charge is 0.228 e. The summed E-state index contributed by atoms with van der Waals surface area (Å²) in [6, 6.07) is 0. The Bertz CT molecular complexity index is 454. The molecule has 1 unspecified atom stereocenters. The molecule has 2 saturated heterocycles. The second kappa shape index (κ2) is 4.85. The number of sulfonamides is 1. The van der Waals surface area contributed by atoms with Gasteiger partial charge in [0.15, 0.2) is 0 Å². The van der Waals surface area contributed by atoms with E-state index in [4.69, 9.17) is 0 Å². The standard InChI is InChI=1S/C10H17N3O4S/c1-18(16,17)13-4-2-12(3-5-13)10(15)8-6-9(14)11-7-8/h8H,2-7H2,1H3,(H,11,14). The number of hydrogen-bond acceptors (Lipinski definition) is 4. The first-order valence-electron chi connectivity index (χ1n) is 5.88. The fourth-order valence-corrected chi connectivity index (χ4v) is 3.10. The van der Waals surface area contributed by atoms with Gasteiger partial charge in [-0.15, -0.1) is 0 Å². The molecule has 2 heterocycles. The second-order valence-electron chi connectivity index (χ2n) is 4.69. The number of nitrogens with zero attached hydrogens (tertiary/aromatic N) is 2. The normalized spacial score (nSPS) is 26.2. The molecule has 0 aromatic rings. The molecule has 0 aromatic carbocycles. The minimum Gasteiger partial charge on any atom is -0.355 e. The monoisotopic (exact) mass is 275 g/mol. The van der Waals surface area contributed by atoms with Crippen LogP contribution in [0.3, 0.4) is 0 Å². The van der Waals surface area contributed by atoms with Gasteiger partial charge in [-0.3, -0.25) is 9.59 Å². The summed E-state index contributed by atoms with van der Waals surface area (Å²) in [5.74, 6) is -0.438. The molecule has 2 aliphatic rings. The third kappa shape index (κ3) is 2.81. The Hall–Kier alpha value is -1.15. The van der Waals surface area contributed by atoms with Gasteiger partial charge in [0.05, 0.1) is 12.2 Å². The fourth-order valence-electron chi connectivity index (χ4n) is 2.28. The van der Waals surface area contributed by atoms with Crippen LogP contribution in [0.4, 0.5) is 0 Å². The summed E-state index contributed by atoms with van der Waals surface area (Å²) < 4.78 is 24.0. The summed E-state index contributed by atoms with van der Waals surface area (Å²) >= 11 is 0. The molecular weight excluding hydrogens is 258 g/mol. The zero-order chi connectivity index (χ0) is 13.3. The van der Waals surface area contributed by atoms with Crippen LogP contribution in [-0.2, 0) is 19.6 Å². The lowest BCUT2D eigenvalue weighted by Gasteiger charge is -2.34. The van der Waals surface area contributed by atoms with Gasteiger partial charge in [0.25, 0.3) is 0 Å². The number of hydrogen-bond donors (Lipinski definition) is 1. The average Bonchev–Trinajstić information content (AvgIpc) is 2.74. The highest BCUT2D eigenvalue weighted by Crippen LogP contribution is 2.15. The van der Waals surface area contributed by atoms with Crippen molar-refractivity contribution < 1.29 is 18.0 Å². The van der Waals surface area contributed by atoms with Crippen LogP contribution in [0.1, 0.15) is 6.42 Å². The molecule has 0 bridgehead atoms. The van der Waals surface area contributed by atoms with Gasteiger partial charge in [-0.25, -0.2) is 8.42 Å². The summed E-state index contributed by atoms with van der Waals surface area (Å²) in [6.45, 7) is 1.86. The van der Waals surface area contributed by atoms with Gasteiger partial charge in [0, 0.05) is 39.1 Å². The first kappa shape index (κ1) is 13.3. The minimum absolute atomic E-state index is 0.0542. The van der Waals surface area contributed by atoms with Gasteiger partial charge in [-0.05, 0) is 0 Å². The van der Waals surface area contributed by atoms with Crippen LogP contribution in [0, 0.1) is 5.92 Å². The lowest BCUT2D eigenvalue weighted by Crippen LogP contribution is -2.51. The van der Waals surface area contributed by atoms with Crippen LogP contribution < -0.4 is 5.32 Å². The van der Waals surface area contributed by atoms with Crippen molar-refractivity contribution in [3.05, 3.63) is 0 Å². The first-order valence-corrected chi connectivity index (χ1v) is 7.73. The van der Waals surface area contributed by atoms with Crippen molar-refractivity contribution in [1.29, 1.82) is 0 Å². The molecule has 1 N–H and O–H groups in total. The van der Waals surface area contributed by atoms with E-state index in [1.807, 2.05) is 0 Å². The van der Waals surface area contributed by atoms with Crippen molar-refractivity contribution in [1.82, 2.24) is 14.5 Å². The van der Waals surface area contributed by atoms with Gasteiger partial charge in [0.1, 0.15) is 0 Å². The molecule has 2 aliphatic heterocycles. The largest absolute Gasteiger partial charge is 0.355 e. The molecule has 102 valence electrons. The maximum absolute atomic E-state index is 12.1. The molecule has 0 saturated carbocycles. The van der Waals surface area contributed by atoms with E-state index in [1.165, 1.54) is 10.6 Å². The van der Waals surface area contributed by atoms with Crippen molar-refractivity contribution in [3.63, 3.8) is 0 Å². The van der Waals surface area contributed by atoms with E-state index in [1.54, 1.807) is 4.90 Å². The highest BCUT2D eigenvalue weighted by molar-refractivity contribution is 7.88. The SMILES string of the molecule is CS(=O)(=O)N1CCN(C(=O)C2CNC(=O)C2)CC1. The van der Waals surface area contributed by atoms with Gasteiger partial charge < -0.3 is 10.2 Å². The molecule has 7 nitrogen and oxygen atoms in total. The van der Waals surface area contributed by atoms with Gasteiger partial charge in [-0.2, -0.15) is 4.31 Å². The summed E-state index contributed by atoms with van der Waals surface area (Å²) in [5.41, 5.74) is 0. The summed E-state index contributed by atoms with van der Waals surface area (Å²) in [6.07, 6.45) is 1.41. The molecule has 0 aliphatic carbocycles. The minimum atomic E-state index is -3.17.